The first-order chi connectivity index (χ1) is 8.57. The number of rotatable bonds is 4. The van der Waals surface area contributed by atoms with Crippen LogP contribution in [0.2, 0.25) is 0 Å². The average molecular weight is 248 g/mol. The predicted molar refractivity (Wildman–Crippen MR) is 65.5 cm³/mol. The molecule has 18 heavy (non-hydrogen) atoms. The van der Waals surface area contributed by atoms with E-state index in [4.69, 9.17) is 0 Å². The second kappa shape index (κ2) is 5.50. The van der Waals surface area contributed by atoms with Crippen molar-refractivity contribution in [2.45, 2.75) is 31.4 Å². The van der Waals surface area contributed by atoms with Crippen LogP contribution in [0.3, 0.4) is 0 Å². The van der Waals surface area contributed by atoms with Gasteiger partial charge < -0.3 is 15.0 Å². The van der Waals surface area contributed by atoms with Crippen LogP contribution in [0.4, 0.5) is 0 Å². The number of carboxylic acid groups (broad SMARTS) is 1. The summed E-state index contributed by atoms with van der Waals surface area (Å²) in [4.78, 5) is 12.8. The lowest BCUT2D eigenvalue weighted by molar-refractivity contribution is -0.309. The van der Waals surface area contributed by atoms with Crippen LogP contribution >= 0.6 is 0 Å². The quantitative estimate of drug-likeness (QED) is 0.824. The van der Waals surface area contributed by atoms with E-state index in [-0.39, 0.29) is 6.42 Å². The predicted octanol–water partition coefficient (Wildman–Crippen LogP) is 0.153. The summed E-state index contributed by atoms with van der Waals surface area (Å²) in [6.45, 7) is 2.29. The van der Waals surface area contributed by atoms with Crippen LogP contribution in [-0.2, 0) is 11.3 Å². The van der Waals surface area contributed by atoms with Crippen molar-refractivity contribution in [2.24, 2.45) is 0 Å². The Morgan fingerprint density at radius 2 is 1.89 bits per heavy atom. The molecule has 1 aliphatic rings. The smallest absolute Gasteiger partial charge is 0.0724 e. The Balaban J connectivity index is 1.85. The van der Waals surface area contributed by atoms with Gasteiger partial charge in [-0.2, -0.15) is 0 Å². The molecule has 1 aromatic rings. The standard InChI is InChI=1S/C14H19NO3/c16-13(17)10-14(18)6-8-15(9-7-14)11-12-4-2-1-3-5-12/h1-5,18H,6-11H2,(H,16,17)/p-1. The third kappa shape index (κ3) is 3.55. The van der Waals surface area contributed by atoms with Crippen LogP contribution in [0.15, 0.2) is 30.3 Å². The number of carbonyl (C=O) groups excluding carboxylic acids is 1. The largest absolute Gasteiger partial charge is 0.550 e. The van der Waals surface area contributed by atoms with E-state index in [9.17, 15) is 15.0 Å². The van der Waals surface area contributed by atoms with Crippen LogP contribution in [-0.4, -0.2) is 34.7 Å². The number of carbonyl (C=O) groups is 1. The summed E-state index contributed by atoms with van der Waals surface area (Å²) in [6.07, 6.45) is 0.730. The summed E-state index contributed by atoms with van der Waals surface area (Å²) < 4.78 is 0. The van der Waals surface area contributed by atoms with E-state index in [1.807, 2.05) is 18.2 Å². The fraction of sp³-hybridized carbons (Fsp3) is 0.500. The lowest BCUT2D eigenvalue weighted by Gasteiger charge is -2.38. The third-order valence-corrected chi connectivity index (χ3v) is 3.51. The Labute approximate surface area is 107 Å². The van der Waals surface area contributed by atoms with Crippen LogP contribution < -0.4 is 5.11 Å². The molecule has 0 saturated carbocycles. The van der Waals surface area contributed by atoms with E-state index in [1.165, 1.54) is 5.56 Å². The van der Waals surface area contributed by atoms with Gasteiger partial charge in [0, 0.05) is 32.0 Å². The van der Waals surface area contributed by atoms with Gasteiger partial charge in [-0.25, -0.2) is 0 Å². The molecule has 4 nitrogen and oxygen atoms in total. The highest BCUT2D eigenvalue weighted by atomic mass is 16.4. The summed E-state index contributed by atoms with van der Waals surface area (Å²) >= 11 is 0. The number of aliphatic hydroxyl groups is 1. The van der Waals surface area contributed by atoms with Gasteiger partial charge in [-0.1, -0.05) is 30.3 Å². The summed E-state index contributed by atoms with van der Waals surface area (Å²) in [7, 11) is 0. The first kappa shape index (κ1) is 13.1. The van der Waals surface area contributed by atoms with Crippen molar-refractivity contribution >= 4 is 5.97 Å². The Morgan fingerprint density at radius 3 is 2.44 bits per heavy atom. The second-order valence-electron chi connectivity index (χ2n) is 5.03. The van der Waals surface area contributed by atoms with Crippen LogP contribution in [0.5, 0.6) is 0 Å². The van der Waals surface area contributed by atoms with E-state index in [1.54, 1.807) is 0 Å². The lowest BCUT2D eigenvalue weighted by Crippen LogP contribution is -2.47. The molecule has 4 heteroatoms. The molecule has 1 aliphatic heterocycles. The van der Waals surface area contributed by atoms with Crippen molar-refractivity contribution in [2.75, 3.05) is 13.1 Å². The highest BCUT2D eigenvalue weighted by molar-refractivity contribution is 5.65. The molecule has 1 saturated heterocycles. The van der Waals surface area contributed by atoms with E-state index in [2.05, 4.69) is 17.0 Å². The van der Waals surface area contributed by atoms with Gasteiger partial charge in [0.15, 0.2) is 0 Å². The molecule has 98 valence electrons. The number of aliphatic carboxylic acids is 1. The SMILES string of the molecule is O=C([O-])CC1(O)CCN(Cc2ccccc2)CC1. The van der Waals surface area contributed by atoms with Gasteiger partial charge in [0.25, 0.3) is 0 Å². The molecule has 0 atom stereocenters. The van der Waals surface area contributed by atoms with Crippen LogP contribution in [0, 0.1) is 0 Å². The maximum Gasteiger partial charge on any atom is 0.0724 e. The van der Waals surface area contributed by atoms with Crippen molar-refractivity contribution < 1.29 is 15.0 Å². The number of piperidine rings is 1. The normalized spacial score (nSPS) is 19.6. The summed E-state index contributed by atoms with van der Waals surface area (Å²) in [5, 5.41) is 20.6. The average Bonchev–Trinajstić information content (AvgIpc) is 2.33. The maximum atomic E-state index is 10.6. The topological polar surface area (TPSA) is 63.6 Å². The van der Waals surface area contributed by atoms with Gasteiger partial charge in [-0.3, -0.25) is 4.90 Å². The summed E-state index contributed by atoms with van der Waals surface area (Å²) in [6, 6.07) is 10.1. The van der Waals surface area contributed by atoms with Gasteiger partial charge >= 0.3 is 0 Å². The molecular formula is C14H18NO3-. The molecule has 0 radical (unpaired) electrons. The van der Waals surface area contributed by atoms with E-state index in [0.717, 1.165) is 19.6 Å². The van der Waals surface area contributed by atoms with Gasteiger partial charge in [0.05, 0.1) is 5.60 Å². The molecule has 1 fully saturated rings. The van der Waals surface area contributed by atoms with Gasteiger partial charge in [-0.15, -0.1) is 0 Å². The monoisotopic (exact) mass is 248 g/mol. The van der Waals surface area contributed by atoms with Crippen molar-refractivity contribution in [1.29, 1.82) is 0 Å². The first-order valence-electron chi connectivity index (χ1n) is 6.26. The Morgan fingerprint density at radius 1 is 1.28 bits per heavy atom. The molecule has 1 N–H and O–H groups in total. The van der Waals surface area contributed by atoms with Crippen LogP contribution in [0.1, 0.15) is 24.8 Å². The lowest BCUT2D eigenvalue weighted by atomic mass is 9.88. The number of likely N-dealkylation sites (tertiary alicyclic amines) is 1. The molecule has 2 rings (SSSR count). The zero-order valence-corrected chi connectivity index (χ0v) is 10.3. The summed E-state index contributed by atoms with van der Waals surface area (Å²) in [5.74, 6) is -1.17. The molecule has 1 aromatic carbocycles. The highest BCUT2D eigenvalue weighted by Crippen LogP contribution is 2.26. The zero-order valence-electron chi connectivity index (χ0n) is 10.3. The van der Waals surface area contributed by atoms with Gasteiger partial charge in [-0.05, 0) is 18.4 Å². The van der Waals surface area contributed by atoms with E-state index in [0.29, 0.717) is 12.8 Å². The van der Waals surface area contributed by atoms with Gasteiger partial charge in [0.2, 0.25) is 0 Å². The Kier molecular flexibility index (Phi) is 3.99. The minimum Gasteiger partial charge on any atom is -0.550 e. The Bertz CT molecular complexity index is 397. The van der Waals surface area contributed by atoms with Crippen LogP contribution in [0.25, 0.3) is 0 Å². The maximum absolute atomic E-state index is 10.6. The molecule has 0 bridgehead atoms. The molecule has 0 aliphatic carbocycles. The minimum absolute atomic E-state index is 0.258. The van der Waals surface area contributed by atoms with Gasteiger partial charge in [0.1, 0.15) is 0 Å². The summed E-state index contributed by atoms with van der Waals surface area (Å²) in [5.41, 5.74) is 0.161. The van der Waals surface area contributed by atoms with Crippen molar-refractivity contribution in [3.8, 4) is 0 Å². The molecular weight excluding hydrogens is 230 g/mol. The van der Waals surface area contributed by atoms with Crippen molar-refractivity contribution in [3.63, 3.8) is 0 Å². The van der Waals surface area contributed by atoms with Crippen molar-refractivity contribution in [1.82, 2.24) is 4.90 Å². The highest BCUT2D eigenvalue weighted by Gasteiger charge is 2.32. The third-order valence-electron chi connectivity index (χ3n) is 3.51. The number of hydrogen-bond acceptors (Lipinski definition) is 4. The molecule has 1 heterocycles. The molecule has 0 aromatic heterocycles. The number of nitrogens with zero attached hydrogens (tertiary/aromatic N) is 1. The van der Waals surface area contributed by atoms with E-state index < -0.39 is 11.6 Å². The Hall–Kier alpha value is -1.39. The molecule has 0 amide bonds. The fourth-order valence-corrected chi connectivity index (χ4v) is 2.41. The zero-order chi connectivity index (χ0) is 13.0. The first-order valence-corrected chi connectivity index (χ1v) is 6.26. The number of benzene rings is 1. The number of carboxylic acids is 1. The fourth-order valence-electron chi connectivity index (χ4n) is 2.41. The van der Waals surface area contributed by atoms with Crippen molar-refractivity contribution in [3.05, 3.63) is 35.9 Å². The second-order valence-corrected chi connectivity index (χ2v) is 5.03. The minimum atomic E-state index is -1.17. The van der Waals surface area contributed by atoms with E-state index >= 15 is 0 Å². The molecule has 0 spiro atoms. The number of hydrogen-bond donors (Lipinski definition) is 1. The molecule has 0 unspecified atom stereocenters.